The molecule has 156 valence electrons. The van der Waals surface area contributed by atoms with E-state index < -0.39 is 0 Å². The summed E-state index contributed by atoms with van der Waals surface area (Å²) in [6, 6.07) is 15.0. The van der Waals surface area contributed by atoms with Gasteiger partial charge in [0, 0.05) is 9.75 Å². The van der Waals surface area contributed by atoms with Crippen LogP contribution in [-0.2, 0) is 0 Å². The highest BCUT2D eigenvalue weighted by atomic mass is 79.9. The van der Waals surface area contributed by atoms with Crippen LogP contribution in [0.3, 0.4) is 0 Å². The summed E-state index contributed by atoms with van der Waals surface area (Å²) in [5, 5.41) is 0. The molecule has 0 N–H and O–H groups in total. The summed E-state index contributed by atoms with van der Waals surface area (Å²) in [5.41, 5.74) is 5.95. The van der Waals surface area contributed by atoms with Gasteiger partial charge in [0.25, 0.3) is 0 Å². The van der Waals surface area contributed by atoms with Crippen molar-refractivity contribution in [2.24, 2.45) is 0 Å². The van der Waals surface area contributed by atoms with Gasteiger partial charge >= 0.3 is 0 Å². The van der Waals surface area contributed by atoms with Crippen molar-refractivity contribution in [1.82, 2.24) is 0 Å². The molecule has 0 saturated carbocycles. The molecule has 0 amide bonds. The highest BCUT2D eigenvalue weighted by Crippen LogP contribution is 2.30. The fourth-order valence-electron chi connectivity index (χ4n) is 3.11. The molecule has 0 radical (unpaired) electrons. The standard InChI is InChI=1S/C27H22Br2S2/c1-4-6-19(3)17-21(5-2)25-18-20(8-11-23-13-15-26(28)30-23)7-9-22(25)10-12-24-14-16-27(29)31-24/h1,6-18H,5H2,2-3H3. The quantitative estimate of drug-likeness (QED) is 0.196. The molecule has 3 aromatic rings. The normalized spacial score (nSPS) is 12.7. The zero-order chi connectivity index (χ0) is 22.2. The number of hydrogen-bond acceptors (Lipinski definition) is 2. The van der Waals surface area contributed by atoms with Crippen LogP contribution in [0.1, 0.15) is 46.7 Å². The summed E-state index contributed by atoms with van der Waals surface area (Å²) in [6.45, 7) is 4.23. The van der Waals surface area contributed by atoms with E-state index in [2.05, 4.69) is 118 Å². The Labute approximate surface area is 210 Å². The number of halogens is 2. The minimum Gasteiger partial charge on any atom is -0.129 e. The molecule has 2 heterocycles. The molecule has 3 rings (SSSR count). The molecular weight excluding hydrogens is 548 g/mol. The van der Waals surface area contributed by atoms with Gasteiger partial charge in [0.15, 0.2) is 0 Å². The third-order valence-corrected chi connectivity index (χ3v) is 7.75. The molecule has 2 aromatic heterocycles. The van der Waals surface area contributed by atoms with Crippen LogP contribution in [0, 0.1) is 12.3 Å². The summed E-state index contributed by atoms with van der Waals surface area (Å²) in [4.78, 5) is 2.44. The first-order valence-electron chi connectivity index (χ1n) is 9.83. The van der Waals surface area contributed by atoms with Crippen molar-refractivity contribution in [3.63, 3.8) is 0 Å². The first kappa shape index (κ1) is 23.8. The van der Waals surface area contributed by atoms with Crippen LogP contribution in [0.15, 0.2) is 67.8 Å². The molecular formula is C27H22Br2S2. The van der Waals surface area contributed by atoms with E-state index in [0.29, 0.717) is 0 Å². The number of hydrogen-bond donors (Lipinski definition) is 0. The molecule has 4 heteroatoms. The van der Waals surface area contributed by atoms with Crippen molar-refractivity contribution in [3.8, 4) is 12.3 Å². The highest BCUT2D eigenvalue weighted by molar-refractivity contribution is 9.11. The average Bonchev–Trinajstić information content (AvgIpc) is 3.37. The molecule has 0 fully saturated rings. The minimum absolute atomic E-state index is 0.923. The lowest BCUT2D eigenvalue weighted by Gasteiger charge is -2.11. The van der Waals surface area contributed by atoms with Crippen LogP contribution in [-0.4, -0.2) is 0 Å². The van der Waals surface area contributed by atoms with Crippen molar-refractivity contribution >= 4 is 84.4 Å². The van der Waals surface area contributed by atoms with Crippen LogP contribution < -0.4 is 0 Å². The van der Waals surface area contributed by atoms with Crippen LogP contribution in [0.4, 0.5) is 0 Å². The van der Waals surface area contributed by atoms with Gasteiger partial charge in [-0.2, -0.15) is 0 Å². The van der Waals surface area contributed by atoms with Gasteiger partial charge in [-0.05, 0) is 122 Å². The molecule has 0 aliphatic rings. The third kappa shape index (κ3) is 7.05. The van der Waals surface area contributed by atoms with Gasteiger partial charge < -0.3 is 0 Å². The summed E-state index contributed by atoms with van der Waals surface area (Å²) in [6.07, 6.45) is 19.1. The average molecular weight is 570 g/mol. The van der Waals surface area contributed by atoms with Gasteiger partial charge in [0.2, 0.25) is 0 Å². The van der Waals surface area contributed by atoms with E-state index in [1.165, 1.54) is 32.0 Å². The molecule has 31 heavy (non-hydrogen) atoms. The SMILES string of the molecule is C#CC=C(C)C=C(CC)c1cc(C=Cc2ccc(Br)s2)ccc1C=Cc1ccc(Br)s1. The lowest BCUT2D eigenvalue weighted by Crippen LogP contribution is -1.91. The molecule has 0 unspecified atom stereocenters. The van der Waals surface area contributed by atoms with Gasteiger partial charge in [-0.3, -0.25) is 0 Å². The predicted molar refractivity (Wildman–Crippen MR) is 149 cm³/mol. The lowest BCUT2D eigenvalue weighted by atomic mass is 9.93. The summed E-state index contributed by atoms with van der Waals surface area (Å²) < 4.78 is 2.28. The number of thiophene rings is 2. The maximum Gasteiger partial charge on any atom is 0.0704 e. The van der Waals surface area contributed by atoms with E-state index >= 15 is 0 Å². The molecule has 0 aliphatic carbocycles. The summed E-state index contributed by atoms with van der Waals surface area (Å²) >= 11 is 10.5. The molecule has 0 nitrogen and oxygen atoms in total. The second-order valence-electron chi connectivity index (χ2n) is 6.88. The zero-order valence-electron chi connectivity index (χ0n) is 17.4. The van der Waals surface area contributed by atoms with E-state index in [9.17, 15) is 0 Å². The Morgan fingerprint density at radius 3 is 2.13 bits per heavy atom. The summed E-state index contributed by atoms with van der Waals surface area (Å²) in [5.74, 6) is 2.63. The fraction of sp³-hybridized carbons (Fsp3) is 0.111. The number of benzene rings is 1. The van der Waals surface area contributed by atoms with Crippen molar-refractivity contribution < 1.29 is 0 Å². The van der Waals surface area contributed by atoms with E-state index in [0.717, 1.165) is 19.6 Å². The fourth-order valence-corrected chi connectivity index (χ4v) is 5.76. The zero-order valence-corrected chi connectivity index (χ0v) is 22.2. The van der Waals surface area contributed by atoms with Crippen LogP contribution >= 0.6 is 54.5 Å². The molecule has 0 aliphatic heterocycles. The Morgan fingerprint density at radius 2 is 1.58 bits per heavy atom. The van der Waals surface area contributed by atoms with E-state index in [1.807, 2.05) is 13.0 Å². The van der Waals surface area contributed by atoms with Crippen LogP contribution in [0.25, 0.3) is 29.9 Å². The van der Waals surface area contributed by atoms with Crippen LogP contribution in [0.2, 0.25) is 0 Å². The lowest BCUT2D eigenvalue weighted by molar-refractivity contribution is 1.23. The Bertz CT molecular complexity index is 1210. The molecule has 0 atom stereocenters. The Hall–Kier alpha value is -1.90. The second kappa shape index (κ2) is 11.6. The van der Waals surface area contributed by atoms with Crippen molar-refractivity contribution in [3.05, 3.63) is 94.2 Å². The smallest absolute Gasteiger partial charge is 0.0704 e. The van der Waals surface area contributed by atoms with E-state index in [4.69, 9.17) is 6.42 Å². The molecule has 0 spiro atoms. The number of terminal acetylenes is 1. The minimum atomic E-state index is 0.923. The Morgan fingerprint density at radius 1 is 0.935 bits per heavy atom. The topological polar surface area (TPSA) is 0 Å². The third-order valence-electron chi connectivity index (χ3n) is 4.57. The highest BCUT2D eigenvalue weighted by Gasteiger charge is 2.07. The molecule has 0 saturated heterocycles. The monoisotopic (exact) mass is 568 g/mol. The van der Waals surface area contributed by atoms with E-state index in [1.54, 1.807) is 22.7 Å². The molecule has 0 bridgehead atoms. The van der Waals surface area contributed by atoms with Crippen molar-refractivity contribution in [2.45, 2.75) is 20.3 Å². The number of allylic oxidation sites excluding steroid dienone is 4. The first-order chi connectivity index (χ1) is 15.0. The van der Waals surface area contributed by atoms with Gasteiger partial charge in [0.05, 0.1) is 7.57 Å². The van der Waals surface area contributed by atoms with Crippen molar-refractivity contribution in [2.75, 3.05) is 0 Å². The van der Waals surface area contributed by atoms with Crippen molar-refractivity contribution in [1.29, 1.82) is 0 Å². The maximum atomic E-state index is 5.47. The summed E-state index contributed by atoms with van der Waals surface area (Å²) in [7, 11) is 0. The largest absolute Gasteiger partial charge is 0.129 e. The Balaban J connectivity index is 2.02. The van der Waals surface area contributed by atoms with Crippen LogP contribution in [0.5, 0.6) is 0 Å². The Kier molecular flexibility index (Phi) is 8.92. The van der Waals surface area contributed by atoms with Gasteiger partial charge in [-0.1, -0.05) is 43.2 Å². The number of rotatable bonds is 7. The predicted octanol–water partition coefficient (Wildman–Crippen LogP) is 10.0. The van der Waals surface area contributed by atoms with Gasteiger partial charge in [0.1, 0.15) is 0 Å². The van der Waals surface area contributed by atoms with Gasteiger partial charge in [-0.25, -0.2) is 0 Å². The first-order valence-corrected chi connectivity index (χ1v) is 13.0. The second-order valence-corrected chi connectivity index (χ2v) is 11.9. The maximum absolute atomic E-state index is 5.47. The van der Waals surface area contributed by atoms with E-state index in [-0.39, 0.29) is 0 Å². The molecule has 1 aromatic carbocycles. The van der Waals surface area contributed by atoms with Gasteiger partial charge in [-0.15, -0.1) is 29.1 Å².